The summed E-state index contributed by atoms with van der Waals surface area (Å²) in [6, 6.07) is 24.8. The van der Waals surface area contributed by atoms with E-state index in [1.165, 1.54) is 16.7 Å². The van der Waals surface area contributed by atoms with Crippen LogP contribution in [-0.2, 0) is 0 Å². The van der Waals surface area contributed by atoms with Crippen LogP contribution in [0.1, 0.15) is 16.7 Å². The Morgan fingerprint density at radius 1 is 0.840 bits per heavy atom. The Labute approximate surface area is 155 Å². The van der Waals surface area contributed by atoms with Crippen molar-refractivity contribution in [1.82, 2.24) is 0 Å². The molecule has 0 atom stereocenters. The lowest BCUT2D eigenvalue weighted by Crippen LogP contribution is -2.11. The van der Waals surface area contributed by atoms with Crippen molar-refractivity contribution in [3.05, 3.63) is 94.0 Å². The molecule has 0 saturated carbocycles. The van der Waals surface area contributed by atoms with Crippen molar-refractivity contribution in [3.8, 4) is 11.5 Å². The molecule has 0 bridgehead atoms. The summed E-state index contributed by atoms with van der Waals surface area (Å²) in [7, 11) is 1.69. The highest BCUT2D eigenvalue weighted by atomic mass is 79.9. The van der Waals surface area contributed by atoms with Crippen molar-refractivity contribution in [3.63, 3.8) is 0 Å². The van der Waals surface area contributed by atoms with E-state index in [0.717, 1.165) is 27.1 Å². The minimum Gasteiger partial charge on any atom is -0.497 e. The van der Waals surface area contributed by atoms with Crippen molar-refractivity contribution < 1.29 is 9.47 Å². The Morgan fingerprint density at radius 2 is 1.52 bits per heavy atom. The summed E-state index contributed by atoms with van der Waals surface area (Å²) in [6.07, 6.45) is 0. The molecule has 3 aromatic rings. The van der Waals surface area contributed by atoms with E-state index in [4.69, 9.17) is 9.47 Å². The maximum Gasteiger partial charge on any atom is 0.127 e. The van der Waals surface area contributed by atoms with Gasteiger partial charge in [0.05, 0.1) is 7.11 Å². The van der Waals surface area contributed by atoms with Gasteiger partial charge in [0.15, 0.2) is 0 Å². The Hall–Kier alpha value is -2.52. The number of fused-ring (bicyclic) bond motifs is 1. The average molecular weight is 393 g/mol. The van der Waals surface area contributed by atoms with Crippen LogP contribution in [0, 0.1) is 0 Å². The Balaban J connectivity index is 1.93. The van der Waals surface area contributed by atoms with Crippen LogP contribution >= 0.6 is 15.9 Å². The molecule has 0 spiro atoms. The van der Waals surface area contributed by atoms with Gasteiger partial charge >= 0.3 is 0 Å². The third-order valence-corrected chi connectivity index (χ3v) is 4.93. The molecule has 25 heavy (non-hydrogen) atoms. The maximum atomic E-state index is 6.02. The normalized spacial score (nSPS) is 13.2. The van der Waals surface area contributed by atoms with Crippen molar-refractivity contribution in [1.29, 1.82) is 0 Å². The van der Waals surface area contributed by atoms with E-state index in [0.29, 0.717) is 6.61 Å². The van der Waals surface area contributed by atoms with Crippen LogP contribution in [0.3, 0.4) is 0 Å². The molecule has 1 aliphatic heterocycles. The molecular formula is C22H17BrO2. The first-order valence-electron chi connectivity index (χ1n) is 8.12. The van der Waals surface area contributed by atoms with E-state index in [1.807, 2.05) is 24.3 Å². The zero-order chi connectivity index (χ0) is 17.2. The van der Waals surface area contributed by atoms with Crippen LogP contribution in [0.5, 0.6) is 11.5 Å². The minimum atomic E-state index is 0.556. The zero-order valence-corrected chi connectivity index (χ0v) is 15.4. The van der Waals surface area contributed by atoms with Gasteiger partial charge < -0.3 is 9.47 Å². The lowest BCUT2D eigenvalue weighted by atomic mass is 9.88. The molecule has 0 N–H and O–H groups in total. The van der Waals surface area contributed by atoms with Gasteiger partial charge in [-0.15, -0.1) is 0 Å². The molecule has 0 radical (unpaired) electrons. The first-order chi connectivity index (χ1) is 12.3. The van der Waals surface area contributed by atoms with Crippen LogP contribution < -0.4 is 9.47 Å². The molecule has 0 aromatic heterocycles. The smallest absolute Gasteiger partial charge is 0.127 e. The van der Waals surface area contributed by atoms with Gasteiger partial charge in [-0.05, 0) is 47.0 Å². The van der Waals surface area contributed by atoms with Gasteiger partial charge in [0.1, 0.15) is 18.1 Å². The number of halogens is 1. The summed E-state index contributed by atoms with van der Waals surface area (Å²) >= 11 is 3.51. The van der Waals surface area contributed by atoms with E-state index in [-0.39, 0.29) is 0 Å². The van der Waals surface area contributed by atoms with E-state index in [2.05, 4.69) is 64.5 Å². The fraction of sp³-hybridized carbons (Fsp3) is 0.0909. The maximum absolute atomic E-state index is 6.02. The summed E-state index contributed by atoms with van der Waals surface area (Å²) < 4.78 is 12.4. The van der Waals surface area contributed by atoms with Crippen LogP contribution in [0.4, 0.5) is 0 Å². The van der Waals surface area contributed by atoms with E-state index >= 15 is 0 Å². The summed E-state index contributed by atoms with van der Waals surface area (Å²) in [5.41, 5.74) is 5.86. The first-order valence-corrected chi connectivity index (χ1v) is 8.91. The number of methoxy groups -OCH3 is 1. The summed E-state index contributed by atoms with van der Waals surface area (Å²) in [4.78, 5) is 0. The topological polar surface area (TPSA) is 18.5 Å². The standard InChI is InChI=1S/C22H17BrO2/c1-24-18-12-8-16(9-13-18)22-19-4-2-3-5-21(19)25-14-20(22)15-6-10-17(23)11-7-15/h2-13H,14H2,1H3. The zero-order valence-electron chi connectivity index (χ0n) is 13.8. The molecule has 2 nitrogen and oxygen atoms in total. The molecule has 0 aliphatic carbocycles. The average Bonchev–Trinajstić information content (AvgIpc) is 2.68. The number of rotatable bonds is 3. The third-order valence-electron chi connectivity index (χ3n) is 4.40. The van der Waals surface area contributed by atoms with Crippen LogP contribution in [0.25, 0.3) is 11.1 Å². The van der Waals surface area contributed by atoms with Crippen LogP contribution in [-0.4, -0.2) is 13.7 Å². The van der Waals surface area contributed by atoms with E-state index in [1.54, 1.807) is 7.11 Å². The Morgan fingerprint density at radius 3 is 2.24 bits per heavy atom. The SMILES string of the molecule is COc1ccc(C2=C(c3ccc(Br)cc3)COc3ccccc32)cc1. The molecule has 3 heteroatoms. The van der Waals surface area contributed by atoms with Gasteiger partial charge in [-0.2, -0.15) is 0 Å². The van der Waals surface area contributed by atoms with E-state index in [9.17, 15) is 0 Å². The second-order valence-electron chi connectivity index (χ2n) is 5.87. The number of ether oxygens (including phenoxy) is 2. The quantitative estimate of drug-likeness (QED) is 0.559. The van der Waals surface area contributed by atoms with E-state index < -0.39 is 0 Å². The van der Waals surface area contributed by atoms with Crippen molar-refractivity contribution >= 4 is 27.1 Å². The molecule has 1 heterocycles. The fourth-order valence-corrected chi connectivity index (χ4v) is 3.41. The minimum absolute atomic E-state index is 0.556. The molecule has 0 unspecified atom stereocenters. The number of benzene rings is 3. The van der Waals surface area contributed by atoms with Gasteiger partial charge in [0, 0.05) is 15.6 Å². The van der Waals surface area contributed by atoms with Crippen molar-refractivity contribution in [2.75, 3.05) is 13.7 Å². The van der Waals surface area contributed by atoms with Gasteiger partial charge in [0.25, 0.3) is 0 Å². The van der Waals surface area contributed by atoms with Gasteiger partial charge in [-0.1, -0.05) is 58.4 Å². The van der Waals surface area contributed by atoms with Crippen molar-refractivity contribution in [2.45, 2.75) is 0 Å². The van der Waals surface area contributed by atoms with Crippen molar-refractivity contribution in [2.24, 2.45) is 0 Å². The fourth-order valence-electron chi connectivity index (χ4n) is 3.15. The lowest BCUT2D eigenvalue weighted by Gasteiger charge is -2.25. The Bertz CT molecular complexity index is 925. The second kappa shape index (κ2) is 6.77. The van der Waals surface area contributed by atoms with Gasteiger partial charge in [0.2, 0.25) is 0 Å². The summed E-state index contributed by atoms with van der Waals surface area (Å²) in [6.45, 7) is 0.556. The third kappa shape index (κ3) is 3.08. The van der Waals surface area contributed by atoms with Gasteiger partial charge in [-0.3, -0.25) is 0 Å². The van der Waals surface area contributed by atoms with Gasteiger partial charge in [-0.25, -0.2) is 0 Å². The first kappa shape index (κ1) is 16.0. The molecule has 0 saturated heterocycles. The molecule has 0 amide bonds. The summed E-state index contributed by atoms with van der Waals surface area (Å²) in [5, 5.41) is 0. The molecule has 3 aromatic carbocycles. The second-order valence-corrected chi connectivity index (χ2v) is 6.79. The molecule has 124 valence electrons. The highest BCUT2D eigenvalue weighted by Crippen LogP contribution is 2.41. The molecule has 0 fully saturated rings. The van der Waals surface area contributed by atoms with Crippen LogP contribution in [0.2, 0.25) is 0 Å². The largest absolute Gasteiger partial charge is 0.497 e. The number of hydrogen-bond acceptors (Lipinski definition) is 2. The number of hydrogen-bond donors (Lipinski definition) is 0. The number of para-hydroxylation sites is 1. The monoisotopic (exact) mass is 392 g/mol. The molecular weight excluding hydrogens is 376 g/mol. The highest BCUT2D eigenvalue weighted by molar-refractivity contribution is 9.10. The molecule has 4 rings (SSSR count). The summed E-state index contributed by atoms with van der Waals surface area (Å²) in [5.74, 6) is 1.78. The lowest BCUT2D eigenvalue weighted by molar-refractivity contribution is 0.365. The Kier molecular flexibility index (Phi) is 4.33. The highest BCUT2D eigenvalue weighted by Gasteiger charge is 2.22. The predicted molar refractivity (Wildman–Crippen MR) is 105 cm³/mol. The predicted octanol–water partition coefficient (Wildman–Crippen LogP) is 5.81. The van der Waals surface area contributed by atoms with Crippen LogP contribution in [0.15, 0.2) is 77.3 Å². The molecule has 1 aliphatic rings.